The second-order valence-corrected chi connectivity index (χ2v) is 7.26. The molecule has 3 N–H and O–H groups in total. The Labute approximate surface area is 189 Å². The van der Waals surface area contributed by atoms with Crippen LogP contribution in [-0.4, -0.2) is 40.7 Å². The highest BCUT2D eigenvalue weighted by Gasteiger charge is 2.18. The molecule has 1 aliphatic rings. The Kier molecular flexibility index (Phi) is 6.72. The van der Waals surface area contributed by atoms with E-state index in [1.807, 2.05) is 19.1 Å². The van der Waals surface area contributed by atoms with E-state index in [1.165, 1.54) is 24.3 Å². The fourth-order valence-corrected chi connectivity index (χ4v) is 3.28. The topological polar surface area (TPSA) is 141 Å². The van der Waals surface area contributed by atoms with Crippen molar-refractivity contribution in [2.75, 3.05) is 30.3 Å². The van der Waals surface area contributed by atoms with Crippen molar-refractivity contribution in [3.63, 3.8) is 0 Å². The molecule has 1 aromatic heterocycles. The number of nitro benzene ring substituents is 1. The van der Waals surface area contributed by atoms with E-state index in [0.29, 0.717) is 36.2 Å². The number of aromatic nitrogens is 2. The zero-order valence-corrected chi connectivity index (χ0v) is 17.8. The monoisotopic (exact) mass is 450 g/mol. The number of nitro groups is 1. The maximum absolute atomic E-state index is 12.2. The Morgan fingerprint density at radius 1 is 1.18 bits per heavy atom. The molecule has 0 bridgehead atoms. The lowest BCUT2D eigenvalue weighted by Gasteiger charge is -2.23. The van der Waals surface area contributed by atoms with E-state index in [1.54, 1.807) is 18.2 Å². The van der Waals surface area contributed by atoms with Gasteiger partial charge >= 0.3 is 6.09 Å². The molecule has 1 unspecified atom stereocenters. The van der Waals surface area contributed by atoms with Crippen LogP contribution in [0.15, 0.2) is 54.6 Å². The van der Waals surface area contributed by atoms with Gasteiger partial charge in [-0.2, -0.15) is 0 Å². The maximum atomic E-state index is 12.2. The Hall–Kier alpha value is -4.09. The average molecular weight is 450 g/mol. The van der Waals surface area contributed by atoms with E-state index in [-0.39, 0.29) is 17.5 Å². The number of rotatable bonds is 6. The van der Waals surface area contributed by atoms with Gasteiger partial charge in [-0.3, -0.25) is 15.4 Å². The highest BCUT2D eigenvalue weighted by atomic mass is 16.6. The number of hydrogen-bond acceptors (Lipinski definition) is 9. The summed E-state index contributed by atoms with van der Waals surface area (Å²) in [5.41, 5.74) is 1.90. The molecule has 2 heterocycles. The first kappa shape index (κ1) is 22.1. The molecule has 1 amide bonds. The van der Waals surface area contributed by atoms with Crippen LogP contribution in [0.3, 0.4) is 0 Å². The minimum atomic E-state index is -0.719. The molecular weight excluding hydrogens is 428 g/mol. The number of aryl methyl sites for hydroxylation is 1. The van der Waals surface area contributed by atoms with Gasteiger partial charge in [0.15, 0.2) is 0 Å². The molecule has 0 saturated carbocycles. The summed E-state index contributed by atoms with van der Waals surface area (Å²) in [4.78, 5) is 31.3. The van der Waals surface area contributed by atoms with Gasteiger partial charge in [-0.25, -0.2) is 14.8 Å². The van der Waals surface area contributed by atoms with Crippen molar-refractivity contribution in [2.24, 2.45) is 0 Å². The van der Waals surface area contributed by atoms with Crippen LogP contribution in [0.2, 0.25) is 0 Å². The molecule has 0 aliphatic carbocycles. The van der Waals surface area contributed by atoms with Gasteiger partial charge in [-0.15, -0.1) is 0 Å². The molecule has 0 radical (unpaired) electrons. The lowest BCUT2D eigenvalue weighted by molar-refractivity contribution is -0.384. The summed E-state index contributed by atoms with van der Waals surface area (Å²) in [6, 6.07) is 14.1. The van der Waals surface area contributed by atoms with E-state index in [0.717, 1.165) is 12.2 Å². The predicted octanol–water partition coefficient (Wildman–Crippen LogP) is 3.71. The van der Waals surface area contributed by atoms with Crippen LogP contribution in [-0.2, 0) is 4.74 Å². The van der Waals surface area contributed by atoms with Crippen LogP contribution >= 0.6 is 0 Å². The van der Waals surface area contributed by atoms with E-state index in [9.17, 15) is 14.9 Å². The smallest absolute Gasteiger partial charge is 0.410 e. The number of carbonyl (C=O) groups is 1. The van der Waals surface area contributed by atoms with Crippen LogP contribution in [0.5, 0.6) is 5.75 Å². The quantitative estimate of drug-likeness (QED) is 0.378. The molecule has 1 aliphatic heterocycles. The summed E-state index contributed by atoms with van der Waals surface area (Å²) in [5.74, 6) is 1.41. The lowest BCUT2D eigenvalue weighted by atomic mass is 10.2. The van der Waals surface area contributed by atoms with Gasteiger partial charge in [0.05, 0.1) is 17.2 Å². The largest absolute Gasteiger partial charge is 0.417 e. The molecule has 0 spiro atoms. The molecule has 11 nitrogen and oxygen atoms in total. The number of nitrogens with zero attached hydrogens (tertiary/aromatic N) is 3. The highest BCUT2D eigenvalue weighted by Crippen LogP contribution is 2.24. The number of amides is 1. The first-order valence-electron chi connectivity index (χ1n) is 10.2. The van der Waals surface area contributed by atoms with Crippen molar-refractivity contribution in [3.05, 3.63) is 76.2 Å². The van der Waals surface area contributed by atoms with Crippen molar-refractivity contribution in [2.45, 2.75) is 13.0 Å². The molecule has 33 heavy (non-hydrogen) atoms. The number of benzene rings is 2. The SMILES string of the molecule is Cc1nc(Nc2cccc(NC(=O)Oc3ccc([N+](=O)[O-])cc3)c2)cc(C2CNCCO2)n1. The number of nitrogens with one attached hydrogen (secondary N) is 3. The Morgan fingerprint density at radius 2 is 1.97 bits per heavy atom. The molecule has 11 heteroatoms. The third kappa shape index (κ3) is 5.99. The van der Waals surface area contributed by atoms with Crippen LogP contribution in [0, 0.1) is 17.0 Å². The van der Waals surface area contributed by atoms with E-state index in [2.05, 4.69) is 25.9 Å². The Balaban J connectivity index is 1.41. The van der Waals surface area contributed by atoms with Gasteiger partial charge in [0, 0.05) is 42.7 Å². The number of non-ortho nitro benzene ring substituents is 1. The molecule has 1 fully saturated rings. The normalized spacial score (nSPS) is 15.5. The summed E-state index contributed by atoms with van der Waals surface area (Å²) in [6.45, 7) is 3.95. The summed E-state index contributed by atoms with van der Waals surface area (Å²) in [6.07, 6.45) is -0.855. The van der Waals surface area contributed by atoms with Crippen molar-refractivity contribution in [1.29, 1.82) is 0 Å². The van der Waals surface area contributed by atoms with Crippen LogP contribution < -0.4 is 20.7 Å². The minimum Gasteiger partial charge on any atom is -0.410 e. The summed E-state index contributed by atoms with van der Waals surface area (Å²) >= 11 is 0. The van der Waals surface area contributed by atoms with Gasteiger partial charge < -0.3 is 20.1 Å². The molecule has 3 aromatic rings. The molecule has 1 saturated heterocycles. The van der Waals surface area contributed by atoms with Crippen molar-refractivity contribution in [1.82, 2.24) is 15.3 Å². The van der Waals surface area contributed by atoms with Gasteiger partial charge in [-0.05, 0) is 37.3 Å². The first-order valence-corrected chi connectivity index (χ1v) is 10.2. The third-order valence-corrected chi connectivity index (χ3v) is 4.75. The number of anilines is 3. The maximum Gasteiger partial charge on any atom is 0.417 e. The van der Waals surface area contributed by atoms with E-state index < -0.39 is 11.0 Å². The van der Waals surface area contributed by atoms with E-state index >= 15 is 0 Å². The average Bonchev–Trinajstić information content (AvgIpc) is 2.80. The zero-order valence-electron chi connectivity index (χ0n) is 17.8. The summed E-state index contributed by atoms with van der Waals surface area (Å²) in [5, 5.41) is 19.9. The fourth-order valence-electron chi connectivity index (χ4n) is 3.28. The van der Waals surface area contributed by atoms with Crippen molar-refractivity contribution in [3.8, 4) is 5.75 Å². The number of hydrogen-bond donors (Lipinski definition) is 3. The van der Waals surface area contributed by atoms with Crippen molar-refractivity contribution < 1.29 is 19.2 Å². The van der Waals surface area contributed by atoms with Gasteiger partial charge in [-0.1, -0.05) is 6.07 Å². The third-order valence-electron chi connectivity index (χ3n) is 4.75. The second-order valence-electron chi connectivity index (χ2n) is 7.26. The van der Waals surface area contributed by atoms with Gasteiger partial charge in [0.2, 0.25) is 0 Å². The second kappa shape index (κ2) is 10.0. The highest BCUT2D eigenvalue weighted by molar-refractivity contribution is 5.87. The number of ether oxygens (including phenoxy) is 2. The van der Waals surface area contributed by atoms with Crippen LogP contribution in [0.1, 0.15) is 17.6 Å². The summed E-state index contributed by atoms with van der Waals surface area (Å²) in [7, 11) is 0. The molecule has 4 rings (SSSR count). The molecule has 1 atom stereocenters. The number of carbonyl (C=O) groups excluding carboxylic acids is 1. The van der Waals surface area contributed by atoms with Crippen molar-refractivity contribution >= 4 is 29.0 Å². The predicted molar refractivity (Wildman–Crippen MR) is 121 cm³/mol. The lowest BCUT2D eigenvalue weighted by Crippen LogP contribution is -2.33. The first-order chi connectivity index (χ1) is 16.0. The number of morpholine rings is 1. The minimum absolute atomic E-state index is 0.0871. The summed E-state index contributed by atoms with van der Waals surface area (Å²) < 4.78 is 11.0. The van der Waals surface area contributed by atoms with Crippen LogP contribution in [0.25, 0.3) is 0 Å². The van der Waals surface area contributed by atoms with E-state index in [4.69, 9.17) is 9.47 Å². The fraction of sp³-hybridized carbons (Fsp3) is 0.227. The standard InChI is InChI=1S/C22H22N6O5/c1-14-24-19(20-13-23-9-10-32-20)12-21(25-14)26-15-3-2-4-16(11-15)27-22(29)33-18-7-5-17(6-8-18)28(30)31/h2-8,11-12,20,23H,9-10,13H2,1H3,(H,27,29)(H,24,25,26). The molecular formula is C22H22N6O5. The Morgan fingerprint density at radius 3 is 2.70 bits per heavy atom. The molecule has 170 valence electrons. The van der Waals surface area contributed by atoms with Gasteiger partial charge in [0.1, 0.15) is 23.5 Å². The van der Waals surface area contributed by atoms with Crippen LogP contribution in [0.4, 0.5) is 27.7 Å². The van der Waals surface area contributed by atoms with Gasteiger partial charge in [0.25, 0.3) is 5.69 Å². The molecule has 2 aromatic carbocycles. The zero-order chi connectivity index (χ0) is 23.2. The Bertz CT molecular complexity index is 1150.